The molecule has 0 aliphatic carbocycles. The van der Waals surface area contributed by atoms with Gasteiger partial charge in [0.05, 0.1) is 12.3 Å². The lowest BCUT2D eigenvalue weighted by Gasteiger charge is -2.11. The van der Waals surface area contributed by atoms with Crippen molar-refractivity contribution in [3.05, 3.63) is 66.0 Å². The van der Waals surface area contributed by atoms with E-state index < -0.39 is 0 Å². The highest BCUT2D eigenvalue weighted by Crippen LogP contribution is 2.25. The summed E-state index contributed by atoms with van der Waals surface area (Å²) in [4.78, 5) is 12.2. The number of amides is 1. The molecular weight excluding hydrogens is 387 g/mol. The molecule has 0 unspecified atom stereocenters. The minimum absolute atomic E-state index is 0.0201. The van der Waals surface area contributed by atoms with Crippen molar-refractivity contribution in [1.29, 1.82) is 0 Å². The molecule has 152 valence electrons. The van der Waals surface area contributed by atoms with E-state index in [1.807, 2.05) is 34.9 Å². The monoisotopic (exact) mass is 412 g/mol. The first-order chi connectivity index (χ1) is 14.0. The Balaban J connectivity index is 1.77. The minimum atomic E-state index is -0.296. The summed E-state index contributed by atoms with van der Waals surface area (Å²) in [5.74, 6) is 1.16. The lowest BCUT2D eigenvalue weighted by molar-refractivity contribution is -0.118. The smallest absolute Gasteiger partial charge is 0.230 e. The van der Waals surface area contributed by atoms with E-state index in [0.717, 1.165) is 17.5 Å². The predicted molar refractivity (Wildman–Crippen MR) is 114 cm³/mol. The van der Waals surface area contributed by atoms with Crippen molar-refractivity contribution in [3.63, 3.8) is 0 Å². The van der Waals surface area contributed by atoms with Gasteiger partial charge in [0, 0.05) is 12.1 Å². The number of thioether (sulfide) groups is 1. The molecule has 0 spiro atoms. The number of hydrogen-bond acceptors (Lipinski definition) is 4. The first-order valence-corrected chi connectivity index (χ1v) is 10.6. The Kier molecular flexibility index (Phi) is 7.41. The topological polar surface area (TPSA) is 59.8 Å². The number of rotatable bonds is 9. The lowest BCUT2D eigenvalue weighted by Crippen LogP contribution is -2.27. The maximum atomic E-state index is 13.3. The van der Waals surface area contributed by atoms with E-state index in [2.05, 4.69) is 29.4 Å². The Bertz CT molecular complexity index is 926. The molecule has 0 aliphatic heterocycles. The molecule has 0 fully saturated rings. The standard InChI is InChI=1S/C22H25FN4OS/c1-16(2)12-13-24-20(28)15-29-22-26-25-21(18-8-10-19(23)11-9-18)27(22)14-17-6-4-3-5-7-17/h3-11,16H,12-15H2,1-2H3,(H,24,28). The maximum absolute atomic E-state index is 13.3. The summed E-state index contributed by atoms with van der Waals surface area (Å²) >= 11 is 1.36. The van der Waals surface area contributed by atoms with Crippen LogP contribution in [0.5, 0.6) is 0 Å². The van der Waals surface area contributed by atoms with Gasteiger partial charge in [0.25, 0.3) is 0 Å². The van der Waals surface area contributed by atoms with Crippen molar-refractivity contribution in [1.82, 2.24) is 20.1 Å². The van der Waals surface area contributed by atoms with Gasteiger partial charge in [-0.1, -0.05) is 55.9 Å². The third kappa shape index (κ3) is 6.15. The van der Waals surface area contributed by atoms with E-state index in [9.17, 15) is 9.18 Å². The van der Waals surface area contributed by atoms with E-state index in [4.69, 9.17) is 0 Å². The average Bonchev–Trinajstić information content (AvgIpc) is 3.10. The van der Waals surface area contributed by atoms with E-state index in [-0.39, 0.29) is 17.5 Å². The van der Waals surface area contributed by atoms with Crippen LogP contribution in [0.2, 0.25) is 0 Å². The van der Waals surface area contributed by atoms with Crippen molar-refractivity contribution < 1.29 is 9.18 Å². The van der Waals surface area contributed by atoms with Gasteiger partial charge in [-0.3, -0.25) is 9.36 Å². The summed E-state index contributed by atoms with van der Waals surface area (Å²) in [6.07, 6.45) is 0.954. The van der Waals surface area contributed by atoms with Crippen molar-refractivity contribution in [2.45, 2.75) is 32.0 Å². The molecule has 1 amide bonds. The fraction of sp³-hybridized carbons (Fsp3) is 0.318. The quantitative estimate of drug-likeness (QED) is 0.530. The van der Waals surface area contributed by atoms with Crippen molar-refractivity contribution in [2.24, 2.45) is 5.92 Å². The van der Waals surface area contributed by atoms with E-state index in [1.54, 1.807) is 12.1 Å². The maximum Gasteiger partial charge on any atom is 0.230 e. The molecular formula is C22H25FN4OS. The summed E-state index contributed by atoms with van der Waals surface area (Å²) in [5, 5.41) is 12.2. The van der Waals surface area contributed by atoms with E-state index >= 15 is 0 Å². The molecule has 1 N–H and O–H groups in total. The molecule has 29 heavy (non-hydrogen) atoms. The molecule has 0 saturated heterocycles. The van der Waals surface area contributed by atoms with Crippen LogP contribution in [0.25, 0.3) is 11.4 Å². The van der Waals surface area contributed by atoms with Gasteiger partial charge in [-0.05, 0) is 42.2 Å². The highest BCUT2D eigenvalue weighted by molar-refractivity contribution is 7.99. The second-order valence-electron chi connectivity index (χ2n) is 7.21. The Morgan fingerprint density at radius 1 is 1.10 bits per heavy atom. The van der Waals surface area contributed by atoms with Gasteiger partial charge in [-0.2, -0.15) is 0 Å². The number of hydrogen-bond donors (Lipinski definition) is 1. The van der Waals surface area contributed by atoms with Crippen LogP contribution in [0.15, 0.2) is 59.8 Å². The first-order valence-electron chi connectivity index (χ1n) is 9.65. The molecule has 3 aromatic rings. The molecule has 0 atom stereocenters. The van der Waals surface area contributed by atoms with Gasteiger partial charge in [-0.15, -0.1) is 10.2 Å². The number of carbonyl (C=O) groups excluding carboxylic acids is 1. The second kappa shape index (κ2) is 10.2. The summed E-state index contributed by atoms with van der Waals surface area (Å²) in [7, 11) is 0. The molecule has 0 bridgehead atoms. The Hall–Kier alpha value is -2.67. The number of halogens is 1. The van der Waals surface area contributed by atoms with Gasteiger partial charge in [0.15, 0.2) is 11.0 Å². The van der Waals surface area contributed by atoms with Gasteiger partial charge in [0.2, 0.25) is 5.91 Å². The van der Waals surface area contributed by atoms with Crippen LogP contribution in [0.1, 0.15) is 25.8 Å². The van der Waals surface area contributed by atoms with Crippen LogP contribution in [-0.2, 0) is 11.3 Å². The summed E-state index contributed by atoms with van der Waals surface area (Å²) < 4.78 is 15.3. The van der Waals surface area contributed by atoms with Gasteiger partial charge in [-0.25, -0.2) is 4.39 Å². The first kappa shape index (κ1) is 21.0. The lowest BCUT2D eigenvalue weighted by atomic mass is 10.1. The van der Waals surface area contributed by atoms with Crippen LogP contribution in [0.4, 0.5) is 4.39 Å². The third-order valence-corrected chi connectivity index (χ3v) is 5.35. The second-order valence-corrected chi connectivity index (χ2v) is 8.15. The number of carbonyl (C=O) groups is 1. The summed E-state index contributed by atoms with van der Waals surface area (Å²) in [5.41, 5.74) is 1.88. The normalized spacial score (nSPS) is 11.0. The Morgan fingerprint density at radius 2 is 1.83 bits per heavy atom. The highest BCUT2D eigenvalue weighted by atomic mass is 32.2. The van der Waals surface area contributed by atoms with Crippen LogP contribution < -0.4 is 5.32 Å². The molecule has 0 aliphatic rings. The predicted octanol–water partition coefficient (Wildman–Crippen LogP) is 4.39. The molecule has 3 rings (SSSR count). The largest absolute Gasteiger partial charge is 0.355 e. The van der Waals surface area contributed by atoms with Gasteiger partial charge >= 0.3 is 0 Å². The Labute approximate surface area is 174 Å². The molecule has 1 aromatic heterocycles. The van der Waals surface area contributed by atoms with Crippen LogP contribution in [0, 0.1) is 11.7 Å². The number of aromatic nitrogens is 3. The zero-order chi connectivity index (χ0) is 20.6. The summed E-state index contributed by atoms with van der Waals surface area (Å²) in [6.45, 7) is 5.50. The van der Waals surface area contributed by atoms with Crippen LogP contribution in [-0.4, -0.2) is 33.0 Å². The summed E-state index contributed by atoms with van der Waals surface area (Å²) in [6, 6.07) is 16.2. The average molecular weight is 413 g/mol. The van der Waals surface area contributed by atoms with Crippen LogP contribution >= 0.6 is 11.8 Å². The third-order valence-electron chi connectivity index (χ3n) is 4.38. The van der Waals surface area contributed by atoms with Crippen molar-refractivity contribution >= 4 is 17.7 Å². The molecule has 5 nitrogen and oxygen atoms in total. The fourth-order valence-electron chi connectivity index (χ4n) is 2.80. The Morgan fingerprint density at radius 3 is 2.52 bits per heavy atom. The molecule has 0 saturated carbocycles. The SMILES string of the molecule is CC(C)CCNC(=O)CSc1nnc(-c2ccc(F)cc2)n1Cc1ccccc1. The minimum Gasteiger partial charge on any atom is -0.355 e. The molecule has 2 aromatic carbocycles. The molecule has 0 radical (unpaired) electrons. The van der Waals surface area contributed by atoms with Gasteiger partial charge < -0.3 is 5.32 Å². The number of nitrogens with one attached hydrogen (secondary N) is 1. The zero-order valence-corrected chi connectivity index (χ0v) is 17.5. The molecule has 7 heteroatoms. The number of nitrogens with zero attached hydrogens (tertiary/aromatic N) is 3. The van der Waals surface area contributed by atoms with Crippen LogP contribution in [0.3, 0.4) is 0 Å². The van der Waals surface area contributed by atoms with E-state index in [0.29, 0.717) is 30.0 Å². The molecule has 1 heterocycles. The van der Waals surface area contributed by atoms with Gasteiger partial charge in [0.1, 0.15) is 5.82 Å². The zero-order valence-electron chi connectivity index (χ0n) is 16.6. The van der Waals surface area contributed by atoms with E-state index in [1.165, 1.54) is 23.9 Å². The fourth-order valence-corrected chi connectivity index (χ4v) is 3.57. The number of benzene rings is 2. The van der Waals surface area contributed by atoms with Crippen molar-refractivity contribution in [2.75, 3.05) is 12.3 Å². The van der Waals surface area contributed by atoms with Crippen molar-refractivity contribution in [3.8, 4) is 11.4 Å². The highest BCUT2D eigenvalue weighted by Gasteiger charge is 2.16.